The van der Waals surface area contributed by atoms with Gasteiger partial charge in [-0.25, -0.2) is 0 Å². The Balaban J connectivity index is 1.64. The van der Waals surface area contributed by atoms with Gasteiger partial charge < -0.3 is 4.74 Å². The zero-order valence-corrected chi connectivity index (χ0v) is 18.5. The molecule has 0 aromatic heterocycles. The summed E-state index contributed by atoms with van der Waals surface area (Å²) in [6.45, 7) is 0.446. The molecule has 0 saturated carbocycles. The molecular weight excluding hydrogens is 448 g/mol. The highest BCUT2D eigenvalue weighted by Gasteiger charge is 2.30. The maximum atomic E-state index is 12.5. The fraction of sp³-hybridized carbons (Fsp3) is 0.130. The number of hydrogen-bond donors (Lipinski definition) is 0. The van der Waals surface area contributed by atoms with E-state index in [1.54, 1.807) is 19.0 Å². The lowest BCUT2D eigenvalue weighted by Gasteiger charge is -2.12. The molecule has 4 nitrogen and oxygen atoms in total. The molecule has 0 spiro atoms. The molecule has 29 heavy (non-hydrogen) atoms. The molecule has 1 heterocycles. The second kappa shape index (κ2) is 8.43. The van der Waals surface area contributed by atoms with Crippen LogP contribution in [0.25, 0.3) is 16.8 Å². The van der Waals surface area contributed by atoms with Crippen molar-refractivity contribution in [2.24, 2.45) is 4.99 Å². The van der Waals surface area contributed by atoms with E-state index in [-0.39, 0.29) is 5.91 Å². The quantitative estimate of drug-likeness (QED) is 0.462. The van der Waals surface area contributed by atoms with Crippen molar-refractivity contribution in [3.8, 4) is 5.75 Å². The number of amides is 1. The number of benzene rings is 3. The van der Waals surface area contributed by atoms with Gasteiger partial charge in [0.1, 0.15) is 12.4 Å². The predicted octanol–water partition coefficient (Wildman–Crippen LogP) is 5.71. The highest BCUT2D eigenvalue weighted by molar-refractivity contribution is 9.10. The molecule has 1 aliphatic rings. The van der Waals surface area contributed by atoms with Gasteiger partial charge in [-0.15, -0.1) is 0 Å². The van der Waals surface area contributed by atoms with Gasteiger partial charge in [-0.05, 0) is 52.4 Å². The Hall–Kier alpha value is -2.57. The van der Waals surface area contributed by atoms with Crippen molar-refractivity contribution in [3.63, 3.8) is 0 Å². The Labute approximate surface area is 182 Å². The van der Waals surface area contributed by atoms with E-state index in [0.717, 1.165) is 21.3 Å². The molecule has 1 amide bonds. The number of likely N-dealkylation sites (N-methyl/N-ethyl adjacent to an activating group) is 1. The lowest BCUT2D eigenvalue weighted by molar-refractivity contribution is -0.121. The topological polar surface area (TPSA) is 41.9 Å². The molecule has 0 N–H and O–H groups in total. The summed E-state index contributed by atoms with van der Waals surface area (Å²) in [5.41, 5.74) is 1.97. The van der Waals surface area contributed by atoms with Gasteiger partial charge in [-0.2, -0.15) is 0 Å². The average molecular weight is 467 g/mol. The van der Waals surface area contributed by atoms with Crippen LogP contribution in [0.1, 0.15) is 11.1 Å². The lowest BCUT2D eigenvalue weighted by atomic mass is 10.1. The van der Waals surface area contributed by atoms with Gasteiger partial charge in [0.15, 0.2) is 5.17 Å². The SMILES string of the molecule is CN=C1S/C(=C\c2cc(Br)ccc2OCc2cccc3ccccc23)C(=O)N1C. The number of rotatable bonds is 4. The average Bonchev–Trinajstić information content (AvgIpc) is 3.01. The normalized spacial score (nSPS) is 16.9. The Morgan fingerprint density at radius 2 is 1.93 bits per heavy atom. The van der Waals surface area contributed by atoms with Gasteiger partial charge in [-0.3, -0.25) is 14.7 Å². The van der Waals surface area contributed by atoms with Gasteiger partial charge in [0.25, 0.3) is 5.91 Å². The maximum absolute atomic E-state index is 12.5. The van der Waals surface area contributed by atoms with Crippen molar-refractivity contribution < 1.29 is 9.53 Å². The summed E-state index contributed by atoms with van der Waals surface area (Å²) < 4.78 is 7.11. The smallest absolute Gasteiger partial charge is 0.266 e. The minimum atomic E-state index is -0.0596. The van der Waals surface area contributed by atoms with Crippen LogP contribution in [-0.2, 0) is 11.4 Å². The van der Waals surface area contributed by atoms with E-state index >= 15 is 0 Å². The lowest BCUT2D eigenvalue weighted by Crippen LogP contribution is -2.23. The number of ether oxygens (including phenoxy) is 1. The molecule has 4 rings (SSSR count). The molecule has 3 aromatic rings. The number of hydrogen-bond acceptors (Lipinski definition) is 4. The van der Waals surface area contributed by atoms with Gasteiger partial charge in [0.2, 0.25) is 0 Å². The molecule has 0 aliphatic carbocycles. The van der Waals surface area contributed by atoms with E-state index in [9.17, 15) is 4.79 Å². The maximum Gasteiger partial charge on any atom is 0.266 e. The number of halogens is 1. The third-order valence-corrected chi connectivity index (χ3v) is 6.36. The van der Waals surface area contributed by atoms with Crippen LogP contribution < -0.4 is 4.74 Å². The second-order valence-corrected chi connectivity index (χ2v) is 8.51. The van der Waals surface area contributed by atoms with Gasteiger partial charge in [0, 0.05) is 24.1 Å². The number of nitrogens with zero attached hydrogens (tertiary/aromatic N) is 2. The summed E-state index contributed by atoms with van der Waals surface area (Å²) in [6.07, 6.45) is 1.87. The zero-order chi connectivity index (χ0) is 20.4. The standard InChI is InChI=1S/C23H19BrN2O2S/c1-25-23-26(2)22(27)21(29-23)13-17-12-18(24)10-11-20(17)28-14-16-8-5-7-15-6-3-4-9-19(15)16/h3-13H,14H2,1-2H3/b21-13-,25-23?. The van der Waals surface area contributed by atoms with Crippen LogP contribution in [-0.4, -0.2) is 30.1 Å². The third kappa shape index (κ3) is 4.09. The van der Waals surface area contributed by atoms with Crippen molar-refractivity contribution >= 4 is 55.6 Å². The molecule has 146 valence electrons. The van der Waals surface area contributed by atoms with Crippen LogP contribution in [0.2, 0.25) is 0 Å². The zero-order valence-electron chi connectivity index (χ0n) is 16.1. The van der Waals surface area contributed by atoms with E-state index in [1.807, 2.05) is 42.5 Å². The van der Waals surface area contributed by atoms with Crippen LogP contribution >= 0.6 is 27.7 Å². The van der Waals surface area contributed by atoms with Crippen molar-refractivity contribution in [2.75, 3.05) is 14.1 Å². The summed E-state index contributed by atoms with van der Waals surface area (Å²) >= 11 is 4.89. The fourth-order valence-corrected chi connectivity index (χ4v) is 4.52. The second-order valence-electron chi connectivity index (χ2n) is 6.59. The van der Waals surface area contributed by atoms with Crippen LogP contribution in [0.15, 0.2) is 75.0 Å². The molecule has 6 heteroatoms. The van der Waals surface area contributed by atoms with Crippen molar-refractivity contribution in [3.05, 3.63) is 81.2 Å². The van der Waals surface area contributed by atoms with E-state index in [2.05, 4.69) is 45.2 Å². The Kier molecular flexibility index (Phi) is 5.74. The molecule has 0 radical (unpaired) electrons. The van der Waals surface area contributed by atoms with Gasteiger partial charge in [-0.1, -0.05) is 58.4 Å². The first-order valence-corrected chi connectivity index (χ1v) is 10.7. The molecule has 0 bridgehead atoms. The number of fused-ring (bicyclic) bond motifs is 1. The number of carbonyl (C=O) groups excluding carboxylic acids is 1. The fourth-order valence-electron chi connectivity index (χ4n) is 3.23. The summed E-state index contributed by atoms with van der Waals surface area (Å²) in [5.74, 6) is 0.669. The summed E-state index contributed by atoms with van der Waals surface area (Å²) in [4.78, 5) is 18.9. The Bertz CT molecular complexity index is 1150. The summed E-state index contributed by atoms with van der Waals surface area (Å²) in [6, 6.07) is 20.3. The van der Waals surface area contributed by atoms with Crippen LogP contribution in [0, 0.1) is 0 Å². The van der Waals surface area contributed by atoms with Crippen molar-refractivity contribution in [2.45, 2.75) is 6.61 Å². The molecule has 1 aliphatic heterocycles. The first-order valence-electron chi connectivity index (χ1n) is 9.10. The van der Waals surface area contributed by atoms with Gasteiger partial charge in [0.05, 0.1) is 4.91 Å². The Morgan fingerprint density at radius 1 is 1.14 bits per heavy atom. The highest BCUT2D eigenvalue weighted by atomic mass is 79.9. The van der Waals surface area contributed by atoms with E-state index < -0.39 is 0 Å². The molecule has 3 aromatic carbocycles. The van der Waals surface area contributed by atoms with Crippen LogP contribution in [0.4, 0.5) is 0 Å². The number of amidine groups is 1. The first kappa shape index (κ1) is 19.7. The number of aliphatic imine (C=N–C) groups is 1. The molecule has 0 unspecified atom stereocenters. The van der Waals surface area contributed by atoms with Crippen molar-refractivity contribution in [1.82, 2.24) is 4.90 Å². The van der Waals surface area contributed by atoms with Crippen LogP contribution in [0.5, 0.6) is 5.75 Å². The highest BCUT2D eigenvalue weighted by Crippen LogP contribution is 2.34. The summed E-state index contributed by atoms with van der Waals surface area (Å²) in [5, 5.41) is 3.06. The number of carbonyl (C=O) groups is 1. The molecule has 0 atom stereocenters. The van der Waals surface area contributed by atoms with Crippen LogP contribution in [0.3, 0.4) is 0 Å². The number of thioether (sulfide) groups is 1. The molecule has 1 fully saturated rings. The monoisotopic (exact) mass is 466 g/mol. The van der Waals surface area contributed by atoms with Crippen molar-refractivity contribution in [1.29, 1.82) is 0 Å². The largest absolute Gasteiger partial charge is 0.488 e. The van der Waals surface area contributed by atoms with Gasteiger partial charge >= 0.3 is 0 Å². The molecular formula is C23H19BrN2O2S. The predicted molar refractivity (Wildman–Crippen MR) is 124 cm³/mol. The minimum Gasteiger partial charge on any atom is -0.488 e. The summed E-state index contributed by atoms with van der Waals surface area (Å²) in [7, 11) is 3.42. The molecule has 1 saturated heterocycles. The van der Waals surface area contributed by atoms with E-state index in [0.29, 0.717) is 16.7 Å². The third-order valence-electron chi connectivity index (χ3n) is 4.72. The van der Waals surface area contributed by atoms with E-state index in [1.165, 1.54) is 22.5 Å². The van der Waals surface area contributed by atoms with E-state index in [4.69, 9.17) is 4.74 Å². The Morgan fingerprint density at radius 3 is 2.72 bits per heavy atom. The first-order chi connectivity index (χ1) is 14.1. The minimum absolute atomic E-state index is 0.0596.